The maximum Gasteiger partial charge on any atom is 0.222 e. The number of halogens is 1. The Morgan fingerprint density at radius 2 is 1.78 bits per heavy atom. The highest BCUT2D eigenvalue weighted by Gasteiger charge is 2.21. The number of piperazine rings is 1. The van der Waals surface area contributed by atoms with Crippen molar-refractivity contribution in [2.75, 3.05) is 26.2 Å². The van der Waals surface area contributed by atoms with Crippen molar-refractivity contribution in [2.24, 2.45) is 0 Å². The molecular weight excluding hydrogens is 361 g/mol. The molecule has 1 saturated heterocycles. The van der Waals surface area contributed by atoms with Gasteiger partial charge in [0.1, 0.15) is 10.8 Å². The van der Waals surface area contributed by atoms with E-state index in [9.17, 15) is 9.18 Å². The molecule has 0 saturated carbocycles. The number of carbonyl (C=O) groups excluding carboxylic acids is 1. The summed E-state index contributed by atoms with van der Waals surface area (Å²) in [4.78, 5) is 21.4. The number of benzene rings is 2. The zero-order valence-electron chi connectivity index (χ0n) is 15.1. The highest BCUT2D eigenvalue weighted by atomic mass is 32.1. The van der Waals surface area contributed by atoms with Crippen molar-refractivity contribution in [1.82, 2.24) is 14.8 Å². The molecule has 0 radical (unpaired) electrons. The van der Waals surface area contributed by atoms with Crippen LogP contribution in [0.2, 0.25) is 0 Å². The van der Waals surface area contributed by atoms with Crippen LogP contribution in [0.3, 0.4) is 0 Å². The highest BCUT2D eigenvalue weighted by Crippen LogP contribution is 2.23. The molecule has 1 aliphatic heterocycles. The Bertz CT molecular complexity index is 884. The average Bonchev–Trinajstić information content (AvgIpc) is 3.10. The topological polar surface area (TPSA) is 36.4 Å². The van der Waals surface area contributed by atoms with E-state index in [0.29, 0.717) is 12.8 Å². The largest absolute Gasteiger partial charge is 0.340 e. The Balaban J connectivity index is 1.25. The number of nitrogens with zero attached hydrogens (tertiary/aromatic N) is 3. The van der Waals surface area contributed by atoms with Crippen molar-refractivity contribution in [3.8, 4) is 0 Å². The van der Waals surface area contributed by atoms with Crippen LogP contribution >= 0.6 is 11.3 Å². The van der Waals surface area contributed by atoms with Gasteiger partial charge in [0.2, 0.25) is 5.91 Å². The molecule has 0 bridgehead atoms. The van der Waals surface area contributed by atoms with Gasteiger partial charge < -0.3 is 4.90 Å². The Labute approximate surface area is 162 Å². The molecule has 0 N–H and O–H groups in total. The Hall–Kier alpha value is -2.31. The number of rotatable bonds is 5. The number of aryl methyl sites for hydroxylation is 1. The molecule has 140 valence electrons. The fourth-order valence-corrected chi connectivity index (χ4v) is 4.40. The normalized spacial score (nSPS) is 15.4. The van der Waals surface area contributed by atoms with E-state index in [1.165, 1.54) is 16.8 Å². The number of carbonyl (C=O) groups is 1. The van der Waals surface area contributed by atoms with Gasteiger partial charge in [-0.05, 0) is 36.2 Å². The van der Waals surface area contributed by atoms with E-state index < -0.39 is 0 Å². The van der Waals surface area contributed by atoms with Crippen molar-refractivity contribution in [1.29, 1.82) is 0 Å². The molecule has 1 amide bonds. The molecule has 27 heavy (non-hydrogen) atoms. The Kier molecular flexibility index (Phi) is 5.45. The van der Waals surface area contributed by atoms with Crippen molar-refractivity contribution in [3.05, 3.63) is 64.9 Å². The fraction of sp³-hybridized carbons (Fsp3) is 0.333. The van der Waals surface area contributed by atoms with Gasteiger partial charge in [-0.25, -0.2) is 9.37 Å². The van der Waals surface area contributed by atoms with Crippen molar-refractivity contribution < 1.29 is 9.18 Å². The summed E-state index contributed by atoms with van der Waals surface area (Å²) >= 11 is 1.74. The quantitative estimate of drug-likeness (QED) is 0.674. The molecule has 1 aromatic heterocycles. The standard InChI is InChI=1S/C21H22FN3OS/c22-17-8-5-16(6-9-17)7-10-21(26)25-13-11-24(12-14-25)15-20-23-18-3-1-2-4-19(18)27-20/h1-6,8-9H,7,10-15H2. The predicted molar refractivity (Wildman–Crippen MR) is 106 cm³/mol. The molecule has 4 nitrogen and oxygen atoms in total. The fourth-order valence-electron chi connectivity index (χ4n) is 3.39. The van der Waals surface area contributed by atoms with E-state index >= 15 is 0 Å². The first-order valence-corrected chi connectivity index (χ1v) is 10.1. The molecule has 0 spiro atoms. The zero-order valence-corrected chi connectivity index (χ0v) is 15.9. The smallest absolute Gasteiger partial charge is 0.222 e. The third-order valence-electron chi connectivity index (χ3n) is 4.96. The average molecular weight is 383 g/mol. The number of thiazole rings is 1. The predicted octanol–water partition coefficient (Wildman–Crippen LogP) is 3.71. The van der Waals surface area contributed by atoms with Crippen LogP contribution < -0.4 is 0 Å². The second-order valence-electron chi connectivity index (χ2n) is 6.86. The molecule has 2 aromatic carbocycles. The van der Waals surface area contributed by atoms with Gasteiger partial charge in [-0.1, -0.05) is 24.3 Å². The van der Waals surface area contributed by atoms with E-state index in [1.807, 2.05) is 23.1 Å². The summed E-state index contributed by atoms with van der Waals surface area (Å²) in [6, 6.07) is 14.6. The van der Waals surface area contributed by atoms with Gasteiger partial charge >= 0.3 is 0 Å². The van der Waals surface area contributed by atoms with E-state index in [2.05, 4.69) is 11.0 Å². The lowest BCUT2D eigenvalue weighted by Gasteiger charge is -2.34. The molecular formula is C21H22FN3OS. The SMILES string of the molecule is O=C(CCc1ccc(F)cc1)N1CCN(Cc2nc3ccccc3s2)CC1. The molecule has 4 rings (SSSR count). The minimum Gasteiger partial charge on any atom is -0.340 e. The summed E-state index contributed by atoms with van der Waals surface area (Å²) in [5.74, 6) is -0.0618. The van der Waals surface area contributed by atoms with Crippen molar-refractivity contribution in [2.45, 2.75) is 19.4 Å². The van der Waals surface area contributed by atoms with Gasteiger partial charge in [-0.15, -0.1) is 11.3 Å². The number of fused-ring (bicyclic) bond motifs is 1. The molecule has 3 aromatic rings. The lowest BCUT2D eigenvalue weighted by atomic mass is 10.1. The van der Waals surface area contributed by atoms with Gasteiger partial charge in [-0.3, -0.25) is 9.69 Å². The number of hydrogen-bond acceptors (Lipinski definition) is 4. The summed E-state index contributed by atoms with van der Waals surface area (Å²) < 4.78 is 14.2. The molecule has 1 fully saturated rings. The van der Waals surface area contributed by atoms with Crippen LogP contribution in [0.5, 0.6) is 0 Å². The second kappa shape index (κ2) is 8.15. The van der Waals surface area contributed by atoms with Gasteiger partial charge in [0.25, 0.3) is 0 Å². The summed E-state index contributed by atoms with van der Waals surface area (Å²) in [6.07, 6.45) is 1.13. The lowest BCUT2D eigenvalue weighted by Crippen LogP contribution is -2.48. The third kappa shape index (κ3) is 4.51. The van der Waals surface area contributed by atoms with Gasteiger partial charge in [-0.2, -0.15) is 0 Å². The summed E-state index contributed by atoms with van der Waals surface area (Å²) in [5.41, 5.74) is 2.06. The number of para-hydroxylation sites is 1. The maximum absolute atomic E-state index is 12.9. The summed E-state index contributed by atoms with van der Waals surface area (Å²) in [5, 5.41) is 1.13. The van der Waals surface area contributed by atoms with Crippen LogP contribution in [0.4, 0.5) is 4.39 Å². The van der Waals surface area contributed by atoms with Gasteiger partial charge in [0.15, 0.2) is 0 Å². The first-order chi connectivity index (χ1) is 13.2. The van der Waals surface area contributed by atoms with Crippen LogP contribution in [0, 0.1) is 5.82 Å². The molecule has 1 aliphatic rings. The van der Waals surface area contributed by atoms with Gasteiger partial charge in [0.05, 0.1) is 16.8 Å². The van der Waals surface area contributed by atoms with Crippen molar-refractivity contribution >= 4 is 27.5 Å². The first-order valence-electron chi connectivity index (χ1n) is 9.26. The number of hydrogen-bond donors (Lipinski definition) is 0. The van der Waals surface area contributed by atoms with Crippen LogP contribution in [-0.2, 0) is 17.8 Å². The van der Waals surface area contributed by atoms with Crippen molar-refractivity contribution in [3.63, 3.8) is 0 Å². The first kappa shape index (κ1) is 18.1. The Morgan fingerprint density at radius 1 is 1.04 bits per heavy atom. The van der Waals surface area contributed by atoms with Crippen LogP contribution in [-0.4, -0.2) is 46.9 Å². The summed E-state index contributed by atoms with van der Waals surface area (Å²) in [6.45, 7) is 4.10. The lowest BCUT2D eigenvalue weighted by molar-refractivity contribution is -0.133. The Morgan fingerprint density at radius 3 is 2.52 bits per heavy atom. The number of amides is 1. The van der Waals surface area contributed by atoms with E-state index in [-0.39, 0.29) is 11.7 Å². The second-order valence-corrected chi connectivity index (χ2v) is 7.97. The molecule has 6 heteroatoms. The van der Waals surface area contributed by atoms with E-state index in [4.69, 9.17) is 4.98 Å². The summed E-state index contributed by atoms with van der Waals surface area (Å²) in [7, 11) is 0. The minimum absolute atomic E-state index is 0.180. The van der Waals surface area contributed by atoms with Crippen LogP contribution in [0.25, 0.3) is 10.2 Å². The number of aromatic nitrogens is 1. The molecule has 0 unspecified atom stereocenters. The van der Waals surface area contributed by atoms with E-state index in [0.717, 1.165) is 48.8 Å². The van der Waals surface area contributed by atoms with Crippen LogP contribution in [0.15, 0.2) is 48.5 Å². The maximum atomic E-state index is 12.9. The minimum atomic E-state index is -0.241. The van der Waals surface area contributed by atoms with Gasteiger partial charge in [0, 0.05) is 32.6 Å². The third-order valence-corrected chi connectivity index (χ3v) is 5.98. The van der Waals surface area contributed by atoms with E-state index in [1.54, 1.807) is 23.5 Å². The molecule has 0 aliphatic carbocycles. The molecule has 0 atom stereocenters. The van der Waals surface area contributed by atoms with Crippen LogP contribution in [0.1, 0.15) is 17.0 Å². The zero-order chi connectivity index (χ0) is 18.6. The molecule has 2 heterocycles. The monoisotopic (exact) mass is 383 g/mol. The highest BCUT2D eigenvalue weighted by molar-refractivity contribution is 7.18.